The van der Waals surface area contributed by atoms with E-state index in [1.54, 1.807) is 14.2 Å². The highest BCUT2D eigenvalue weighted by atomic mass is 16.5. The number of nitrogens with zero attached hydrogens (tertiary/aromatic N) is 1. The van der Waals surface area contributed by atoms with Gasteiger partial charge in [-0.1, -0.05) is 6.42 Å². The Labute approximate surface area is 127 Å². The van der Waals surface area contributed by atoms with Crippen molar-refractivity contribution in [3.8, 4) is 11.5 Å². The zero-order valence-corrected chi connectivity index (χ0v) is 13.1. The van der Waals surface area contributed by atoms with Crippen LogP contribution in [-0.4, -0.2) is 38.3 Å². The molecule has 2 N–H and O–H groups in total. The Kier molecular flexibility index (Phi) is 4.36. The molecule has 0 amide bonds. The maximum absolute atomic E-state index is 5.95. The van der Waals surface area contributed by atoms with Crippen LogP contribution in [0, 0.1) is 5.92 Å². The second-order valence-electron chi connectivity index (χ2n) is 6.19. The minimum atomic E-state index is 0.663. The minimum Gasteiger partial charge on any atom is -0.493 e. The lowest BCUT2D eigenvalue weighted by molar-refractivity contribution is 0.146. The first-order valence-electron chi connectivity index (χ1n) is 7.94. The van der Waals surface area contributed by atoms with E-state index in [0.29, 0.717) is 12.0 Å². The van der Waals surface area contributed by atoms with Crippen molar-refractivity contribution in [1.29, 1.82) is 0 Å². The van der Waals surface area contributed by atoms with Gasteiger partial charge in [0, 0.05) is 19.1 Å². The minimum absolute atomic E-state index is 0.663. The fourth-order valence-corrected chi connectivity index (χ4v) is 3.96. The summed E-state index contributed by atoms with van der Waals surface area (Å²) in [6.45, 7) is 2.96. The lowest BCUT2D eigenvalue weighted by Gasteiger charge is -2.36. The van der Waals surface area contributed by atoms with Gasteiger partial charge in [-0.25, -0.2) is 0 Å². The molecule has 2 atom stereocenters. The molecular weight excluding hydrogens is 264 g/mol. The molecule has 1 aliphatic heterocycles. The van der Waals surface area contributed by atoms with E-state index in [1.165, 1.54) is 30.4 Å². The van der Waals surface area contributed by atoms with Crippen LogP contribution in [0.4, 0.5) is 0 Å². The van der Waals surface area contributed by atoms with Crippen molar-refractivity contribution in [3.63, 3.8) is 0 Å². The topological polar surface area (TPSA) is 47.7 Å². The first-order chi connectivity index (χ1) is 10.3. The molecule has 2 unspecified atom stereocenters. The van der Waals surface area contributed by atoms with E-state index >= 15 is 0 Å². The summed E-state index contributed by atoms with van der Waals surface area (Å²) in [6.07, 6.45) is 4.99. The average Bonchev–Trinajstić information content (AvgIpc) is 3.01. The number of hydrogen-bond donors (Lipinski definition) is 1. The molecule has 0 bridgehead atoms. The van der Waals surface area contributed by atoms with Crippen LogP contribution in [0.2, 0.25) is 0 Å². The first kappa shape index (κ1) is 14.7. The van der Waals surface area contributed by atoms with Gasteiger partial charge in [0.05, 0.1) is 14.2 Å². The second kappa shape index (κ2) is 6.24. The van der Waals surface area contributed by atoms with Crippen LogP contribution in [0.1, 0.15) is 30.4 Å². The van der Waals surface area contributed by atoms with Gasteiger partial charge in [0.1, 0.15) is 0 Å². The maximum Gasteiger partial charge on any atom is 0.161 e. The number of fused-ring (bicyclic) bond motifs is 1. The molecule has 0 radical (unpaired) electrons. The molecule has 0 spiro atoms. The normalized spacial score (nSPS) is 25.7. The monoisotopic (exact) mass is 290 g/mol. The van der Waals surface area contributed by atoms with E-state index in [0.717, 1.165) is 37.6 Å². The summed E-state index contributed by atoms with van der Waals surface area (Å²) in [6, 6.07) is 4.95. The number of methoxy groups -OCH3 is 2. The lowest BCUT2D eigenvalue weighted by Crippen LogP contribution is -2.43. The molecule has 21 heavy (non-hydrogen) atoms. The standard InChI is InChI=1S/C17H26N2O2/c1-20-16-8-12-6-7-19(11-14(12)9-17(16)21-2)15-5-3-4-13(15)10-18/h8-9,13,15H,3-7,10-11,18H2,1-2H3. The third-order valence-corrected chi connectivity index (χ3v) is 5.14. The van der Waals surface area contributed by atoms with Gasteiger partial charge in [0.2, 0.25) is 0 Å². The van der Waals surface area contributed by atoms with Crippen LogP contribution in [0.3, 0.4) is 0 Å². The third kappa shape index (κ3) is 2.74. The van der Waals surface area contributed by atoms with Gasteiger partial charge in [-0.2, -0.15) is 0 Å². The van der Waals surface area contributed by atoms with Crippen LogP contribution in [0.5, 0.6) is 11.5 Å². The third-order valence-electron chi connectivity index (χ3n) is 5.14. The molecule has 0 saturated heterocycles. The molecule has 116 valence electrons. The number of ether oxygens (including phenoxy) is 2. The number of nitrogens with two attached hydrogens (primary N) is 1. The lowest BCUT2D eigenvalue weighted by atomic mass is 9.94. The summed E-state index contributed by atoms with van der Waals surface area (Å²) in [5.74, 6) is 2.34. The van der Waals surface area contributed by atoms with Crippen molar-refractivity contribution >= 4 is 0 Å². The van der Waals surface area contributed by atoms with Crippen LogP contribution in [0.25, 0.3) is 0 Å². The first-order valence-corrected chi connectivity index (χ1v) is 7.94. The molecule has 1 aliphatic carbocycles. The largest absolute Gasteiger partial charge is 0.493 e. The van der Waals surface area contributed by atoms with Crippen LogP contribution >= 0.6 is 0 Å². The van der Waals surface area contributed by atoms with E-state index < -0.39 is 0 Å². The molecule has 1 aromatic carbocycles. The summed E-state index contributed by atoms with van der Waals surface area (Å²) in [5, 5.41) is 0. The molecule has 1 aromatic rings. The number of benzene rings is 1. The predicted molar refractivity (Wildman–Crippen MR) is 83.8 cm³/mol. The van der Waals surface area contributed by atoms with Gasteiger partial charge < -0.3 is 15.2 Å². The average molecular weight is 290 g/mol. The highest BCUT2D eigenvalue weighted by molar-refractivity contribution is 5.48. The van der Waals surface area contributed by atoms with E-state index in [1.807, 2.05) is 0 Å². The van der Waals surface area contributed by atoms with Gasteiger partial charge in [0.15, 0.2) is 11.5 Å². The van der Waals surface area contributed by atoms with Crippen LogP contribution in [0.15, 0.2) is 12.1 Å². The van der Waals surface area contributed by atoms with Crippen LogP contribution < -0.4 is 15.2 Å². The van der Waals surface area contributed by atoms with Gasteiger partial charge in [-0.3, -0.25) is 4.90 Å². The van der Waals surface area contributed by atoms with Gasteiger partial charge in [-0.05, 0) is 55.0 Å². The van der Waals surface area contributed by atoms with Crippen molar-refractivity contribution in [1.82, 2.24) is 4.90 Å². The van der Waals surface area contributed by atoms with E-state index in [-0.39, 0.29) is 0 Å². The van der Waals surface area contributed by atoms with E-state index in [4.69, 9.17) is 15.2 Å². The molecule has 1 fully saturated rings. The molecule has 1 saturated carbocycles. The number of hydrogen-bond acceptors (Lipinski definition) is 4. The molecular formula is C17H26N2O2. The second-order valence-corrected chi connectivity index (χ2v) is 6.19. The Morgan fingerprint density at radius 2 is 1.86 bits per heavy atom. The summed E-state index contributed by atoms with van der Waals surface area (Å²) >= 11 is 0. The summed E-state index contributed by atoms with van der Waals surface area (Å²) < 4.78 is 10.9. The summed E-state index contributed by atoms with van der Waals surface area (Å²) in [7, 11) is 3.40. The summed E-state index contributed by atoms with van der Waals surface area (Å²) in [5.41, 5.74) is 8.72. The van der Waals surface area contributed by atoms with E-state index in [2.05, 4.69) is 17.0 Å². The Balaban J connectivity index is 1.81. The molecule has 1 heterocycles. The maximum atomic E-state index is 5.95. The van der Waals surface area contributed by atoms with Crippen molar-refractivity contribution in [2.45, 2.75) is 38.3 Å². The molecule has 3 rings (SSSR count). The SMILES string of the molecule is COc1cc2c(cc1OC)CN(C1CCCC1CN)CC2. The fraction of sp³-hybridized carbons (Fsp3) is 0.647. The van der Waals surface area contributed by atoms with Crippen molar-refractivity contribution in [3.05, 3.63) is 23.3 Å². The van der Waals surface area contributed by atoms with Gasteiger partial charge in [-0.15, -0.1) is 0 Å². The van der Waals surface area contributed by atoms with Crippen molar-refractivity contribution < 1.29 is 9.47 Å². The van der Waals surface area contributed by atoms with Crippen molar-refractivity contribution in [2.75, 3.05) is 27.3 Å². The molecule has 4 heteroatoms. The van der Waals surface area contributed by atoms with Crippen LogP contribution in [-0.2, 0) is 13.0 Å². The Morgan fingerprint density at radius 3 is 2.52 bits per heavy atom. The molecule has 0 aromatic heterocycles. The molecule has 4 nitrogen and oxygen atoms in total. The Hall–Kier alpha value is -1.26. The summed E-state index contributed by atoms with van der Waals surface area (Å²) in [4.78, 5) is 2.62. The molecule has 2 aliphatic rings. The number of rotatable bonds is 4. The van der Waals surface area contributed by atoms with Crippen molar-refractivity contribution in [2.24, 2.45) is 11.7 Å². The van der Waals surface area contributed by atoms with E-state index in [9.17, 15) is 0 Å². The smallest absolute Gasteiger partial charge is 0.161 e. The fourth-order valence-electron chi connectivity index (χ4n) is 3.96. The predicted octanol–water partition coefficient (Wildman–Crippen LogP) is 2.19. The zero-order valence-electron chi connectivity index (χ0n) is 13.1. The Bertz CT molecular complexity index is 504. The quantitative estimate of drug-likeness (QED) is 0.923. The zero-order chi connectivity index (χ0) is 14.8. The highest BCUT2D eigenvalue weighted by Gasteiger charge is 2.33. The van der Waals surface area contributed by atoms with Gasteiger partial charge in [0.25, 0.3) is 0 Å². The Morgan fingerprint density at radius 1 is 1.14 bits per heavy atom. The van der Waals surface area contributed by atoms with Gasteiger partial charge >= 0.3 is 0 Å². The highest BCUT2D eigenvalue weighted by Crippen LogP contribution is 2.36.